The summed E-state index contributed by atoms with van der Waals surface area (Å²) in [7, 11) is 0. The van der Waals surface area contributed by atoms with Crippen LogP contribution < -0.4 is 5.73 Å². The molecule has 0 saturated carbocycles. The molecule has 1 aliphatic rings. The van der Waals surface area contributed by atoms with Gasteiger partial charge in [-0.05, 0) is 5.92 Å². The third kappa shape index (κ3) is 2.52. The topological polar surface area (TPSA) is 83.6 Å². The van der Waals surface area contributed by atoms with Crippen LogP contribution in [0.5, 0.6) is 0 Å². The van der Waals surface area contributed by atoms with E-state index in [1.165, 1.54) is 0 Å². The zero-order valence-electron chi connectivity index (χ0n) is 10.0. The number of hydrogen-bond acceptors (Lipinski definition) is 3. The standard InChI is InChI=1S/C11H20N2O3/c1-6(2)9(12)10(14)13-4-8(5-13)7(3)11(15)16/h6-9H,4-5,12H2,1-3H3,(H,15,16)/t7?,9-/m0/s1. The number of aliphatic carboxylic acids is 1. The number of nitrogens with two attached hydrogens (primary N) is 1. The van der Waals surface area contributed by atoms with E-state index in [9.17, 15) is 9.59 Å². The summed E-state index contributed by atoms with van der Waals surface area (Å²) >= 11 is 0. The van der Waals surface area contributed by atoms with Gasteiger partial charge in [0.2, 0.25) is 5.91 Å². The average molecular weight is 228 g/mol. The first-order valence-electron chi connectivity index (χ1n) is 5.61. The van der Waals surface area contributed by atoms with Crippen LogP contribution in [-0.4, -0.2) is 41.0 Å². The summed E-state index contributed by atoms with van der Waals surface area (Å²) in [6, 6.07) is -0.471. The Bertz CT molecular complexity index is 285. The minimum absolute atomic E-state index is 0.0659. The quantitative estimate of drug-likeness (QED) is 0.717. The van der Waals surface area contributed by atoms with E-state index >= 15 is 0 Å². The van der Waals surface area contributed by atoms with E-state index in [4.69, 9.17) is 10.8 Å². The second-order valence-corrected chi connectivity index (χ2v) is 4.90. The van der Waals surface area contributed by atoms with Crippen molar-refractivity contribution in [2.24, 2.45) is 23.5 Å². The van der Waals surface area contributed by atoms with E-state index in [2.05, 4.69) is 0 Å². The lowest BCUT2D eigenvalue weighted by Crippen LogP contribution is -2.58. The SMILES string of the molecule is CC(C(=O)O)C1CN(C(=O)[C@@H](N)C(C)C)C1. The van der Waals surface area contributed by atoms with Crippen LogP contribution in [0.2, 0.25) is 0 Å². The lowest BCUT2D eigenvalue weighted by atomic mass is 9.86. The highest BCUT2D eigenvalue weighted by Gasteiger charge is 2.38. The third-order valence-corrected chi connectivity index (χ3v) is 3.32. The Balaban J connectivity index is 2.41. The third-order valence-electron chi connectivity index (χ3n) is 3.32. The summed E-state index contributed by atoms with van der Waals surface area (Å²) in [5.74, 6) is -1.07. The molecule has 0 aromatic carbocycles. The number of likely N-dealkylation sites (tertiary alicyclic amines) is 1. The summed E-state index contributed by atoms with van der Waals surface area (Å²) in [6.07, 6.45) is 0. The monoisotopic (exact) mass is 228 g/mol. The van der Waals surface area contributed by atoms with Crippen molar-refractivity contribution < 1.29 is 14.7 Å². The van der Waals surface area contributed by atoms with Crippen molar-refractivity contribution in [1.82, 2.24) is 4.90 Å². The van der Waals surface area contributed by atoms with E-state index in [-0.39, 0.29) is 23.7 Å². The Labute approximate surface area is 95.6 Å². The fourth-order valence-corrected chi connectivity index (χ4v) is 1.71. The smallest absolute Gasteiger partial charge is 0.306 e. The maximum absolute atomic E-state index is 11.8. The van der Waals surface area contributed by atoms with Crippen LogP contribution in [0.15, 0.2) is 0 Å². The largest absolute Gasteiger partial charge is 0.481 e. The Morgan fingerprint density at radius 1 is 1.31 bits per heavy atom. The molecule has 1 aliphatic heterocycles. The van der Waals surface area contributed by atoms with Crippen molar-refractivity contribution in [3.63, 3.8) is 0 Å². The highest BCUT2D eigenvalue weighted by atomic mass is 16.4. The number of amides is 1. The molecule has 0 radical (unpaired) electrons. The van der Waals surface area contributed by atoms with Crippen LogP contribution in [0.1, 0.15) is 20.8 Å². The van der Waals surface area contributed by atoms with E-state index in [1.807, 2.05) is 13.8 Å². The van der Waals surface area contributed by atoms with Gasteiger partial charge in [-0.15, -0.1) is 0 Å². The molecule has 0 bridgehead atoms. The van der Waals surface area contributed by atoms with Crippen LogP contribution in [-0.2, 0) is 9.59 Å². The highest BCUT2D eigenvalue weighted by Crippen LogP contribution is 2.25. The zero-order valence-corrected chi connectivity index (χ0v) is 10.0. The van der Waals surface area contributed by atoms with Gasteiger partial charge in [0.25, 0.3) is 0 Å². The van der Waals surface area contributed by atoms with Gasteiger partial charge in [0.15, 0.2) is 0 Å². The van der Waals surface area contributed by atoms with Crippen molar-refractivity contribution in [2.75, 3.05) is 13.1 Å². The number of carboxylic acid groups (broad SMARTS) is 1. The second-order valence-electron chi connectivity index (χ2n) is 4.90. The Hall–Kier alpha value is -1.10. The molecule has 5 heteroatoms. The maximum atomic E-state index is 11.8. The van der Waals surface area contributed by atoms with Crippen LogP contribution >= 0.6 is 0 Å². The number of hydrogen-bond donors (Lipinski definition) is 2. The van der Waals surface area contributed by atoms with E-state index < -0.39 is 12.0 Å². The molecule has 1 saturated heterocycles. The number of rotatable bonds is 4. The van der Waals surface area contributed by atoms with Crippen LogP contribution in [0.4, 0.5) is 0 Å². The van der Waals surface area contributed by atoms with E-state index in [0.717, 1.165) is 0 Å². The highest BCUT2D eigenvalue weighted by molar-refractivity contribution is 5.83. The van der Waals surface area contributed by atoms with Crippen LogP contribution in [0, 0.1) is 17.8 Å². The molecule has 0 aliphatic carbocycles. The normalized spacial score (nSPS) is 20.4. The second kappa shape index (κ2) is 4.82. The van der Waals surface area contributed by atoms with E-state index in [0.29, 0.717) is 13.1 Å². The fourth-order valence-electron chi connectivity index (χ4n) is 1.71. The molecule has 0 spiro atoms. The van der Waals surface area contributed by atoms with Gasteiger partial charge in [0.05, 0.1) is 12.0 Å². The molecule has 3 N–H and O–H groups in total. The first kappa shape index (κ1) is 13.0. The zero-order chi connectivity index (χ0) is 12.5. The van der Waals surface area contributed by atoms with Gasteiger partial charge < -0.3 is 15.7 Å². The Morgan fingerprint density at radius 3 is 2.19 bits per heavy atom. The first-order valence-corrected chi connectivity index (χ1v) is 5.61. The fraction of sp³-hybridized carbons (Fsp3) is 0.818. The van der Waals surface area contributed by atoms with Gasteiger partial charge in [-0.25, -0.2) is 0 Å². The summed E-state index contributed by atoms with van der Waals surface area (Å²) in [5, 5.41) is 8.81. The maximum Gasteiger partial charge on any atom is 0.306 e. The van der Waals surface area contributed by atoms with Gasteiger partial charge >= 0.3 is 5.97 Å². The number of carboxylic acids is 1. The van der Waals surface area contributed by atoms with Crippen LogP contribution in [0.3, 0.4) is 0 Å². The first-order chi connectivity index (χ1) is 7.34. The van der Waals surface area contributed by atoms with E-state index in [1.54, 1.807) is 11.8 Å². The molecule has 2 atom stereocenters. The molecule has 0 aromatic heterocycles. The van der Waals surface area contributed by atoms with Gasteiger partial charge in [-0.1, -0.05) is 20.8 Å². The predicted octanol–water partition coefficient (Wildman–Crippen LogP) is 0.149. The molecule has 1 unspecified atom stereocenters. The van der Waals surface area contributed by atoms with Gasteiger partial charge in [-0.2, -0.15) is 0 Å². The molecule has 1 fully saturated rings. The lowest BCUT2D eigenvalue weighted by molar-refractivity contribution is -0.151. The molecular formula is C11H20N2O3. The molecule has 5 nitrogen and oxygen atoms in total. The predicted molar refractivity (Wildman–Crippen MR) is 59.7 cm³/mol. The minimum atomic E-state index is -0.801. The van der Waals surface area contributed by atoms with Gasteiger partial charge in [0, 0.05) is 19.0 Å². The summed E-state index contributed by atoms with van der Waals surface area (Å²) in [6.45, 7) is 6.52. The summed E-state index contributed by atoms with van der Waals surface area (Å²) in [4.78, 5) is 24.1. The summed E-state index contributed by atoms with van der Waals surface area (Å²) in [5.41, 5.74) is 5.74. The molecule has 1 heterocycles. The molecular weight excluding hydrogens is 208 g/mol. The summed E-state index contributed by atoms with van der Waals surface area (Å²) < 4.78 is 0. The Morgan fingerprint density at radius 2 is 1.81 bits per heavy atom. The molecule has 1 rings (SSSR count). The molecule has 16 heavy (non-hydrogen) atoms. The van der Waals surface area contributed by atoms with Crippen molar-refractivity contribution >= 4 is 11.9 Å². The number of carbonyl (C=O) groups is 2. The minimum Gasteiger partial charge on any atom is -0.481 e. The van der Waals surface area contributed by atoms with Crippen molar-refractivity contribution in [1.29, 1.82) is 0 Å². The Kier molecular flexibility index (Phi) is 3.91. The van der Waals surface area contributed by atoms with Crippen molar-refractivity contribution in [3.05, 3.63) is 0 Å². The van der Waals surface area contributed by atoms with Crippen molar-refractivity contribution in [3.8, 4) is 0 Å². The average Bonchev–Trinajstić information content (AvgIpc) is 2.13. The van der Waals surface area contributed by atoms with Gasteiger partial charge in [-0.3, -0.25) is 9.59 Å². The molecule has 92 valence electrons. The number of nitrogens with zero attached hydrogens (tertiary/aromatic N) is 1. The van der Waals surface area contributed by atoms with Gasteiger partial charge in [0.1, 0.15) is 0 Å². The molecule has 1 amide bonds. The van der Waals surface area contributed by atoms with Crippen LogP contribution in [0.25, 0.3) is 0 Å². The number of carbonyl (C=O) groups excluding carboxylic acids is 1. The lowest BCUT2D eigenvalue weighted by Gasteiger charge is -2.42. The molecule has 0 aromatic rings. The van der Waals surface area contributed by atoms with Crippen molar-refractivity contribution in [2.45, 2.75) is 26.8 Å².